The van der Waals surface area contributed by atoms with Crippen LogP contribution in [-0.2, 0) is 22.1 Å². The van der Waals surface area contributed by atoms with Crippen molar-refractivity contribution in [2.45, 2.75) is 55.6 Å². The fraction of sp³-hybridized carbons (Fsp3) is 0.611. The van der Waals surface area contributed by atoms with Crippen LogP contribution in [0.5, 0.6) is 0 Å². The Hall–Kier alpha value is -1.20. The van der Waals surface area contributed by atoms with Crippen LogP contribution < -0.4 is 5.32 Å². The molecule has 1 amide bonds. The minimum Gasteiger partial charge on any atom is -0.340 e. The van der Waals surface area contributed by atoms with Crippen LogP contribution in [0.1, 0.15) is 37.7 Å². The molecule has 1 heterocycles. The van der Waals surface area contributed by atoms with Crippen LogP contribution >= 0.6 is 0 Å². The topological polar surface area (TPSA) is 49.4 Å². The van der Waals surface area contributed by atoms with Gasteiger partial charge in [-0.2, -0.15) is 0 Å². The second-order valence-electron chi connectivity index (χ2n) is 6.90. The van der Waals surface area contributed by atoms with Gasteiger partial charge in [0.1, 0.15) is 0 Å². The summed E-state index contributed by atoms with van der Waals surface area (Å²) in [7, 11) is 0.917. The summed E-state index contributed by atoms with van der Waals surface area (Å²) in [6.07, 6.45) is 7.74. The Balaban J connectivity index is 1.58. The molecule has 1 N–H and O–H groups in total. The van der Waals surface area contributed by atoms with E-state index in [0.717, 1.165) is 16.9 Å². The Labute approximate surface area is 141 Å². The highest BCUT2D eigenvalue weighted by Gasteiger charge is 2.39. The monoisotopic (exact) mass is 334 g/mol. The lowest BCUT2D eigenvalue weighted by atomic mass is 9.85. The SMILES string of the molecule is CN(Cc1ccc(S(C)=O)cc1)C(=O)C1CC2CCCCC2N1. The first-order chi connectivity index (χ1) is 11.0. The zero-order chi connectivity index (χ0) is 16.4. The highest BCUT2D eigenvalue weighted by molar-refractivity contribution is 7.84. The summed E-state index contributed by atoms with van der Waals surface area (Å²) in [6, 6.07) is 8.21. The molecule has 4 atom stereocenters. The summed E-state index contributed by atoms with van der Waals surface area (Å²) in [5.74, 6) is 0.882. The van der Waals surface area contributed by atoms with E-state index >= 15 is 0 Å². The maximum Gasteiger partial charge on any atom is 0.239 e. The Kier molecular flexibility index (Phi) is 5.17. The average molecular weight is 334 g/mol. The van der Waals surface area contributed by atoms with Gasteiger partial charge in [-0.15, -0.1) is 0 Å². The van der Waals surface area contributed by atoms with Gasteiger partial charge in [-0.05, 0) is 42.9 Å². The van der Waals surface area contributed by atoms with Gasteiger partial charge in [-0.25, -0.2) is 0 Å². The average Bonchev–Trinajstić information content (AvgIpc) is 2.98. The Morgan fingerprint density at radius 2 is 1.96 bits per heavy atom. The lowest BCUT2D eigenvalue weighted by molar-refractivity contribution is -0.132. The molecule has 0 aromatic heterocycles. The van der Waals surface area contributed by atoms with Gasteiger partial charge in [0, 0.05) is 41.6 Å². The molecule has 3 rings (SSSR count). The van der Waals surface area contributed by atoms with E-state index in [2.05, 4.69) is 5.32 Å². The number of hydrogen-bond acceptors (Lipinski definition) is 3. The predicted molar refractivity (Wildman–Crippen MR) is 92.5 cm³/mol. The maximum atomic E-state index is 12.7. The van der Waals surface area contributed by atoms with Crippen LogP contribution in [0.4, 0.5) is 0 Å². The van der Waals surface area contributed by atoms with Crippen molar-refractivity contribution in [2.75, 3.05) is 13.3 Å². The third-order valence-electron chi connectivity index (χ3n) is 5.21. The van der Waals surface area contributed by atoms with E-state index in [1.165, 1.54) is 25.7 Å². The number of nitrogens with one attached hydrogen (secondary N) is 1. The first kappa shape index (κ1) is 16.7. The van der Waals surface area contributed by atoms with Gasteiger partial charge in [0.25, 0.3) is 0 Å². The summed E-state index contributed by atoms with van der Waals surface area (Å²) in [4.78, 5) is 15.3. The van der Waals surface area contributed by atoms with Crippen molar-refractivity contribution < 1.29 is 9.00 Å². The third-order valence-corrected chi connectivity index (χ3v) is 6.15. The summed E-state index contributed by atoms with van der Waals surface area (Å²) in [6.45, 7) is 0.600. The molecule has 0 spiro atoms. The molecule has 1 saturated heterocycles. The van der Waals surface area contributed by atoms with Gasteiger partial charge >= 0.3 is 0 Å². The largest absolute Gasteiger partial charge is 0.340 e. The number of nitrogens with zero attached hydrogens (tertiary/aromatic N) is 1. The zero-order valence-corrected chi connectivity index (χ0v) is 14.8. The maximum absolute atomic E-state index is 12.7. The van der Waals surface area contributed by atoms with Gasteiger partial charge in [-0.1, -0.05) is 25.0 Å². The van der Waals surface area contributed by atoms with Crippen molar-refractivity contribution in [1.82, 2.24) is 10.2 Å². The molecule has 4 nitrogen and oxygen atoms in total. The lowest BCUT2D eigenvalue weighted by Crippen LogP contribution is -2.43. The molecular formula is C18H26N2O2S. The Morgan fingerprint density at radius 1 is 1.26 bits per heavy atom. The molecule has 0 bridgehead atoms. The van der Waals surface area contributed by atoms with E-state index in [1.54, 1.807) is 6.26 Å². The van der Waals surface area contributed by atoms with Crippen LogP contribution in [0.15, 0.2) is 29.2 Å². The third kappa shape index (κ3) is 3.83. The van der Waals surface area contributed by atoms with E-state index in [4.69, 9.17) is 0 Å². The van der Waals surface area contributed by atoms with Gasteiger partial charge in [0.15, 0.2) is 0 Å². The first-order valence-electron chi connectivity index (χ1n) is 8.48. The number of benzene rings is 1. The molecule has 2 fully saturated rings. The van der Waals surface area contributed by atoms with Gasteiger partial charge in [0.05, 0.1) is 6.04 Å². The van der Waals surface area contributed by atoms with Crippen LogP contribution in [0, 0.1) is 5.92 Å². The Bertz CT molecular complexity index is 573. The highest BCUT2D eigenvalue weighted by Crippen LogP contribution is 2.33. The molecule has 5 heteroatoms. The van der Waals surface area contributed by atoms with E-state index in [9.17, 15) is 9.00 Å². The van der Waals surface area contributed by atoms with Crippen molar-refractivity contribution in [2.24, 2.45) is 5.92 Å². The zero-order valence-electron chi connectivity index (χ0n) is 14.0. The molecule has 0 radical (unpaired) electrons. The summed E-state index contributed by atoms with van der Waals surface area (Å²) in [5, 5.41) is 3.55. The fourth-order valence-corrected chi connectivity index (χ4v) is 4.43. The van der Waals surface area contributed by atoms with E-state index in [-0.39, 0.29) is 11.9 Å². The van der Waals surface area contributed by atoms with E-state index < -0.39 is 10.8 Å². The smallest absolute Gasteiger partial charge is 0.239 e. The van der Waals surface area contributed by atoms with Crippen molar-refractivity contribution in [3.8, 4) is 0 Å². The number of carbonyl (C=O) groups excluding carboxylic acids is 1. The second-order valence-corrected chi connectivity index (χ2v) is 8.28. The normalized spacial score (nSPS) is 28.2. The number of carbonyl (C=O) groups is 1. The number of amides is 1. The van der Waals surface area contributed by atoms with Crippen LogP contribution in [0.2, 0.25) is 0 Å². The number of fused-ring (bicyclic) bond motifs is 1. The molecule has 126 valence electrons. The van der Waals surface area contributed by atoms with Crippen LogP contribution in [0.25, 0.3) is 0 Å². The van der Waals surface area contributed by atoms with E-state index in [0.29, 0.717) is 18.5 Å². The van der Waals surface area contributed by atoms with E-state index in [1.807, 2.05) is 36.2 Å². The minimum absolute atomic E-state index is 0.0180. The summed E-state index contributed by atoms with van der Waals surface area (Å²) in [5.41, 5.74) is 1.07. The quantitative estimate of drug-likeness (QED) is 0.919. The van der Waals surface area contributed by atoms with Crippen molar-refractivity contribution in [3.05, 3.63) is 29.8 Å². The van der Waals surface area contributed by atoms with Gasteiger partial charge in [-0.3, -0.25) is 9.00 Å². The summed E-state index contributed by atoms with van der Waals surface area (Å²) >= 11 is 0. The molecule has 1 saturated carbocycles. The number of hydrogen-bond donors (Lipinski definition) is 1. The highest BCUT2D eigenvalue weighted by atomic mass is 32.2. The number of rotatable bonds is 4. The second kappa shape index (κ2) is 7.14. The fourth-order valence-electron chi connectivity index (χ4n) is 3.91. The van der Waals surface area contributed by atoms with Crippen LogP contribution in [-0.4, -0.2) is 40.4 Å². The number of likely N-dealkylation sites (N-methyl/N-ethyl adjacent to an activating group) is 1. The van der Waals surface area contributed by atoms with Crippen molar-refractivity contribution in [3.63, 3.8) is 0 Å². The minimum atomic E-state index is -0.956. The van der Waals surface area contributed by atoms with Gasteiger partial charge < -0.3 is 10.2 Å². The van der Waals surface area contributed by atoms with Gasteiger partial charge in [0.2, 0.25) is 5.91 Å². The molecule has 1 aromatic carbocycles. The standard InChI is InChI=1S/C18H26N2O2S/c1-20(12-13-7-9-15(10-8-13)23(2)22)18(21)17-11-14-5-3-4-6-16(14)19-17/h7-10,14,16-17,19H,3-6,11-12H2,1-2H3. The lowest BCUT2D eigenvalue weighted by Gasteiger charge is -2.24. The molecule has 1 aromatic rings. The summed E-state index contributed by atoms with van der Waals surface area (Å²) < 4.78 is 11.4. The first-order valence-corrected chi connectivity index (χ1v) is 10.0. The molecule has 2 aliphatic rings. The van der Waals surface area contributed by atoms with Crippen molar-refractivity contribution in [1.29, 1.82) is 0 Å². The van der Waals surface area contributed by atoms with Crippen molar-refractivity contribution >= 4 is 16.7 Å². The molecule has 23 heavy (non-hydrogen) atoms. The molecule has 1 aliphatic heterocycles. The van der Waals surface area contributed by atoms with Crippen LogP contribution in [0.3, 0.4) is 0 Å². The molecule has 1 aliphatic carbocycles. The Morgan fingerprint density at radius 3 is 2.61 bits per heavy atom. The molecular weight excluding hydrogens is 308 g/mol. The predicted octanol–water partition coefficient (Wildman–Crippen LogP) is 2.30. The molecule has 4 unspecified atom stereocenters.